The van der Waals surface area contributed by atoms with Gasteiger partial charge in [-0.05, 0) is 31.6 Å². The zero-order valence-corrected chi connectivity index (χ0v) is 10.5. The molecule has 15 heavy (non-hydrogen) atoms. The molecule has 0 radical (unpaired) electrons. The SMILES string of the molecule is CC1CCCCC1(O)CCCS(C)(=O)=O. The normalized spacial score (nSPS) is 32.9. The highest BCUT2D eigenvalue weighted by atomic mass is 32.2. The van der Waals surface area contributed by atoms with Gasteiger partial charge in [-0.15, -0.1) is 0 Å². The summed E-state index contributed by atoms with van der Waals surface area (Å²) in [5.74, 6) is 0.507. The van der Waals surface area contributed by atoms with Gasteiger partial charge in [-0.2, -0.15) is 0 Å². The highest BCUT2D eigenvalue weighted by molar-refractivity contribution is 7.90. The minimum Gasteiger partial charge on any atom is -0.390 e. The van der Waals surface area contributed by atoms with Crippen molar-refractivity contribution in [1.29, 1.82) is 0 Å². The Bertz CT molecular complexity index is 297. The van der Waals surface area contributed by atoms with Gasteiger partial charge in [-0.1, -0.05) is 19.8 Å². The van der Waals surface area contributed by atoms with Gasteiger partial charge in [0.05, 0.1) is 5.60 Å². The van der Waals surface area contributed by atoms with E-state index in [9.17, 15) is 13.5 Å². The minimum absolute atomic E-state index is 0.196. The van der Waals surface area contributed by atoms with Crippen molar-refractivity contribution in [2.24, 2.45) is 5.92 Å². The fraction of sp³-hybridized carbons (Fsp3) is 1.00. The van der Waals surface area contributed by atoms with Gasteiger partial charge in [0, 0.05) is 12.0 Å². The molecule has 0 amide bonds. The Morgan fingerprint density at radius 3 is 2.60 bits per heavy atom. The summed E-state index contributed by atoms with van der Waals surface area (Å²) in [4.78, 5) is 0. The lowest BCUT2D eigenvalue weighted by atomic mass is 9.74. The van der Waals surface area contributed by atoms with Crippen molar-refractivity contribution < 1.29 is 13.5 Å². The van der Waals surface area contributed by atoms with E-state index in [0.29, 0.717) is 18.8 Å². The van der Waals surface area contributed by atoms with Crippen LogP contribution >= 0.6 is 0 Å². The van der Waals surface area contributed by atoms with Crippen LogP contribution in [0.2, 0.25) is 0 Å². The molecule has 0 aromatic heterocycles. The molecule has 0 saturated heterocycles. The molecule has 1 N–H and O–H groups in total. The van der Waals surface area contributed by atoms with Crippen molar-refractivity contribution in [2.45, 2.75) is 51.0 Å². The van der Waals surface area contributed by atoms with Crippen LogP contribution in [0.4, 0.5) is 0 Å². The van der Waals surface area contributed by atoms with Gasteiger partial charge in [-0.25, -0.2) is 8.42 Å². The number of sulfone groups is 1. The predicted octanol–water partition coefficient (Wildman–Crippen LogP) is 1.75. The van der Waals surface area contributed by atoms with Crippen LogP contribution in [0.1, 0.15) is 45.4 Å². The van der Waals surface area contributed by atoms with Crippen LogP contribution in [0, 0.1) is 5.92 Å². The Kier molecular flexibility index (Phi) is 4.18. The third-order valence-electron chi connectivity index (χ3n) is 3.54. The molecule has 3 nitrogen and oxygen atoms in total. The van der Waals surface area contributed by atoms with Gasteiger partial charge in [0.1, 0.15) is 9.84 Å². The van der Waals surface area contributed by atoms with Crippen LogP contribution in [0.3, 0.4) is 0 Å². The predicted molar refractivity (Wildman–Crippen MR) is 61.5 cm³/mol. The second-order valence-electron chi connectivity index (χ2n) is 4.98. The molecule has 0 spiro atoms. The molecule has 2 atom stereocenters. The topological polar surface area (TPSA) is 54.4 Å². The number of aliphatic hydroxyl groups is 1. The molecule has 1 rings (SSSR count). The fourth-order valence-corrected chi connectivity index (χ4v) is 3.08. The molecular formula is C11H22O3S. The fourth-order valence-electron chi connectivity index (χ4n) is 2.41. The molecule has 0 aliphatic heterocycles. The Hall–Kier alpha value is -0.0900. The molecule has 4 heteroatoms. The van der Waals surface area contributed by atoms with Crippen LogP contribution in [0.5, 0.6) is 0 Å². The standard InChI is InChI=1S/C11H22O3S/c1-10-6-3-4-7-11(10,12)8-5-9-15(2,13)14/h10,12H,3-9H2,1-2H3. The van der Waals surface area contributed by atoms with Crippen molar-refractivity contribution in [1.82, 2.24) is 0 Å². The quantitative estimate of drug-likeness (QED) is 0.806. The summed E-state index contributed by atoms with van der Waals surface area (Å²) in [5, 5.41) is 10.3. The summed E-state index contributed by atoms with van der Waals surface area (Å²) >= 11 is 0. The maximum atomic E-state index is 11.0. The van der Waals surface area contributed by atoms with Crippen LogP contribution in [0.25, 0.3) is 0 Å². The van der Waals surface area contributed by atoms with E-state index in [1.165, 1.54) is 12.7 Å². The van der Waals surface area contributed by atoms with Gasteiger partial charge in [0.25, 0.3) is 0 Å². The Morgan fingerprint density at radius 1 is 1.40 bits per heavy atom. The van der Waals surface area contributed by atoms with Crippen molar-refractivity contribution in [2.75, 3.05) is 12.0 Å². The van der Waals surface area contributed by atoms with Gasteiger partial charge in [-0.3, -0.25) is 0 Å². The van der Waals surface area contributed by atoms with Crippen molar-refractivity contribution in [3.8, 4) is 0 Å². The first kappa shape index (κ1) is 13.0. The van der Waals surface area contributed by atoms with Gasteiger partial charge < -0.3 is 5.11 Å². The smallest absolute Gasteiger partial charge is 0.147 e. The Labute approximate surface area is 92.8 Å². The highest BCUT2D eigenvalue weighted by Crippen LogP contribution is 2.36. The molecule has 0 heterocycles. The second-order valence-corrected chi connectivity index (χ2v) is 7.24. The minimum atomic E-state index is -2.88. The van der Waals surface area contributed by atoms with Crippen LogP contribution in [0.15, 0.2) is 0 Å². The molecule has 0 aromatic carbocycles. The first-order valence-electron chi connectivity index (χ1n) is 5.74. The van der Waals surface area contributed by atoms with E-state index in [1.807, 2.05) is 0 Å². The molecule has 1 aliphatic rings. The summed E-state index contributed by atoms with van der Waals surface area (Å²) in [6.45, 7) is 2.07. The third-order valence-corrected chi connectivity index (χ3v) is 4.57. The summed E-state index contributed by atoms with van der Waals surface area (Å²) in [6, 6.07) is 0. The Morgan fingerprint density at radius 2 is 2.07 bits per heavy atom. The van der Waals surface area contributed by atoms with Crippen molar-refractivity contribution >= 4 is 9.84 Å². The van der Waals surface area contributed by atoms with E-state index >= 15 is 0 Å². The maximum Gasteiger partial charge on any atom is 0.147 e. The van der Waals surface area contributed by atoms with E-state index in [1.54, 1.807) is 0 Å². The zero-order valence-electron chi connectivity index (χ0n) is 9.70. The zero-order chi connectivity index (χ0) is 11.5. The second kappa shape index (κ2) is 4.83. The lowest BCUT2D eigenvalue weighted by molar-refractivity contribution is -0.0481. The summed E-state index contributed by atoms with van der Waals surface area (Å²) < 4.78 is 22.0. The van der Waals surface area contributed by atoms with Crippen LogP contribution in [-0.2, 0) is 9.84 Å². The Balaban J connectivity index is 2.42. The van der Waals surface area contributed by atoms with E-state index < -0.39 is 15.4 Å². The average Bonchev–Trinajstić information content (AvgIpc) is 2.08. The van der Waals surface area contributed by atoms with Crippen molar-refractivity contribution in [3.05, 3.63) is 0 Å². The van der Waals surface area contributed by atoms with Gasteiger partial charge >= 0.3 is 0 Å². The monoisotopic (exact) mass is 234 g/mol. The number of hydrogen-bond donors (Lipinski definition) is 1. The summed E-state index contributed by atoms with van der Waals surface area (Å²) in [6.07, 6.45) is 6.62. The van der Waals surface area contributed by atoms with E-state index in [2.05, 4.69) is 6.92 Å². The van der Waals surface area contributed by atoms with Crippen LogP contribution in [-0.4, -0.2) is 31.1 Å². The number of hydrogen-bond acceptors (Lipinski definition) is 3. The summed E-state index contributed by atoms with van der Waals surface area (Å²) in [7, 11) is -2.88. The largest absolute Gasteiger partial charge is 0.390 e. The lowest BCUT2D eigenvalue weighted by Crippen LogP contribution is -2.39. The maximum absolute atomic E-state index is 11.0. The molecule has 90 valence electrons. The van der Waals surface area contributed by atoms with Gasteiger partial charge in [0.15, 0.2) is 0 Å². The van der Waals surface area contributed by atoms with Gasteiger partial charge in [0.2, 0.25) is 0 Å². The first-order valence-corrected chi connectivity index (χ1v) is 7.80. The first-order chi connectivity index (χ1) is 6.83. The third kappa shape index (κ3) is 4.11. The van der Waals surface area contributed by atoms with Crippen LogP contribution < -0.4 is 0 Å². The summed E-state index contributed by atoms with van der Waals surface area (Å²) in [5.41, 5.74) is -0.608. The molecule has 0 aromatic rings. The average molecular weight is 234 g/mol. The molecule has 1 aliphatic carbocycles. The number of rotatable bonds is 4. The van der Waals surface area contributed by atoms with E-state index in [-0.39, 0.29) is 5.75 Å². The molecule has 0 bridgehead atoms. The molecule has 1 fully saturated rings. The highest BCUT2D eigenvalue weighted by Gasteiger charge is 2.35. The van der Waals surface area contributed by atoms with E-state index in [0.717, 1.165) is 19.3 Å². The molecule has 1 saturated carbocycles. The lowest BCUT2D eigenvalue weighted by Gasteiger charge is -2.38. The molecular weight excluding hydrogens is 212 g/mol. The van der Waals surface area contributed by atoms with E-state index in [4.69, 9.17) is 0 Å². The molecule has 2 unspecified atom stereocenters. The van der Waals surface area contributed by atoms with Crippen molar-refractivity contribution in [3.63, 3.8) is 0 Å².